The lowest BCUT2D eigenvalue weighted by molar-refractivity contribution is 0.532. The van der Waals surface area contributed by atoms with E-state index in [-0.39, 0.29) is 0 Å². The fourth-order valence-electron chi connectivity index (χ4n) is 2.27. The smallest absolute Gasteiger partial charge is 0.0659 e. The molecule has 0 atom stereocenters. The van der Waals surface area contributed by atoms with Gasteiger partial charge < -0.3 is 4.90 Å². The molecular formula is C15H20N2. The van der Waals surface area contributed by atoms with E-state index >= 15 is 0 Å². The van der Waals surface area contributed by atoms with Gasteiger partial charge in [0.1, 0.15) is 0 Å². The van der Waals surface area contributed by atoms with E-state index in [1.54, 1.807) is 0 Å². The zero-order valence-corrected chi connectivity index (χ0v) is 10.9. The van der Waals surface area contributed by atoms with Crippen LogP contribution in [-0.2, 0) is 0 Å². The van der Waals surface area contributed by atoms with Crippen LogP contribution in [0.2, 0.25) is 0 Å². The van der Waals surface area contributed by atoms with Gasteiger partial charge in [-0.15, -0.1) is 0 Å². The average molecular weight is 228 g/mol. The third-order valence-electron chi connectivity index (χ3n) is 3.16. The first-order chi connectivity index (χ1) is 8.26. The molecule has 1 aliphatic rings. The van der Waals surface area contributed by atoms with Crippen LogP contribution in [-0.4, -0.2) is 24.2 Å². The Morgan fingerprint density at radius 2 is 1.82 bits per heavy atom. The lowest BCUT2D eigenvalue weighted by Crippen LogP contribution is -2.29. The summed E-state index contributed by atoms with van der Waals surface area (Å²) >= 11 is 0. The van der Waals surface area contributed by atoms with Gasteiger partial charge in [0.05, 0.1) is 17.9 Å². The number of hydrogen-bond donors (Lipinski definition) is 0. The third-order valence-corrected chi connectivity index (χ3v) is 3.16. The van der Waals surface area contributed by atoms with E-state index in [1.807, 2.05) is 0 Å². The molecule has 1 aliphatic heterocycles. The second-order valence-corrected chi connectivity index (χ2v) is 4.40. The van der Waals surface area contributed by atoms with E-state index in [2.05, 4.69) is 56.1 Å². The summed E-state index contributed by atoms with van der Waals surface area (Å²) in [6.07, 6.45) is 2.02. The number of allylic oxidation sites excluding steroid dienone is 1. The van der Waals surface area contributed by atoms with Gasteiger partial charge in [-0.2, -0.15) is 0 Å². The Morgan fingerprint density at radius 1 is 1.12 bits per heavy atom. The molecule has 0 aliphatic carbocycles. The van der Waals surface area contributed by atoms with Gasteiger partial charge in [-0.1, -0.05) is 44.2 Å². The van der Waals surface area contributed by atoms with Crippen molar-refractivity contribution >= 4 is 11.4 Å². The maximum Gasteiger partial charge on any atom is 0.0659 e. The zero-order valence-electron chi connectivity index (χ0n) is 10.9. The van der Waals surface area contributed by atoms with Crippen LogP contribution in [0.4, 0.5) is 0 Å². The van der Waals surface area contributed by atoms with Crippen molar-refractivity contribution in [3.63, 3.8) is 0 Å². The predicted molar refractivity (Wildman–Crippen MR) is 74.0 cm³/mol. The van der Waals surface area contributed by atoms with Crippen LogP contribution in [0.1, 0.15) is 32.3 Å². The Morgan fingerprint density at radius 3 is 2.41 bits per heavy atom. The largest absolute Gasteiger partial charge is 0.367 e. The first kappa shape index (κ1) is 11.9. The molecule has 0 N–H and O–H groups in total. The van der Waals surface area contributed by atoms with E-state index in [0.717, 1.165) is 19.4 Å². The number of benzene rings is 1. The van der Waals surface area contributed by atoms with E-state index in [0.29, 0.717) is 0 Å². The minimum absolute atomic E-state index is 0.949. The van der Waals surface area contributed by atoms with Crippen LogP contribution in [0.15, 0.2) is 41.0 Å². The molecule has 0 radical (unpaired) electrons. The van der Waals surface area contributed by atoms with Gasteiger partial charge in [0, 0.05) is 12.8 Å². The van der Waals surface area contributed by atoms with Crippen LogP contribution in [0.3, 0.4) is 0 Å². The van der Waals surface area contributed by atoms with Crippen molar-refractivity contribution in [3.05, 3.63) is 41.6 Å². The topological polar surface area (TPSA) is 15.6 Å². The van der Waals surface area contributed by atoms with Crippen LogP contribution in [0.25, 0.3) is 5.70 Å². The highest BCUT2D eigenvalue weighted by molar-refractivity contribution is 5.91. The maximum absolute atomic E-state index is 4.78. The molecule has 0 unspecified atom stereocenters. The summed E-state index contributed by atoms with van der Waals surface area (Å²) in [4.78, 5) is 7.10. The Kier molecular flexibility index (Phi) is 3.62. The highest BCUT2D eigenvalue weighted by Crippen LogP contribution is 2.28. The number of nitrogens with zero attached hydrogens (tertiary/aromatic N) is 2. The summed E-state index contributed by atoms with van der Waals surface area (Å²) in [5, 5.41) is 0. The molecule has 90 valence electrons. The SMILES string of the molecule is CCC1=NC(CC)=C(c2ccccc2)N(C)C1. The fraction of sp³-hybridized carbons (Fsp3) is 0.400. The molecule has 0 amide bonds. The molecule has 0 aromatic heterocycles. The summed E-state index contributed by atoms with van der Waals surface area (Å²) in [6, 6.07) is 10.5. The molecule has 0 fully saturated rings. The van der Waals surface area contributed by atoms with Crippen molar-refractivity contribution in [2.24, 2.45) is 4.99 Å². The quantitative estimate of drug-likeness (QED) is 0.772. The molecule has 0 saturated heterocycles. The lowest BCUT2D eigenvalue weighted by atomic mass is 10.0. The highest BCUT2D eigenvalue weighted by Gasteiger charge is 2.18. The molecular weight excluding hydrogens is 208 g/mol. The molecule has 2 nitrogen and oxygen atoms in total. The monoisotopic (exact) mass is 228 g/mol. The maximum atomic E-state index is 4.78. The second kappa shape index (κ2) is 5.17. The van der Waals surface area contributed by atoms with Crippen LogP contribution < -0.4 is 0 Å². The summed E-state index contributed by atoms with van der Waals surface area (Å²) in [6.45, 7) is 5.30. The average Bonchev–Trinajstić information content (AvgIpc) is 2.38. The third kappa shape index (κ3) is 2.41. The summed E-state index contributed by atoms with van der Waals surface area (Å²) in [7, 11) is 2.16. The van der Waals surface area contributed by atoms with Crippen LogP contribution in [0, 0.1) is 0 Å². The fourth-order valence-corrected chi connectivity index (χ4v) is 2.27. The molecule has 1 aromatic rings. The minimum Gasteiger partial charge on any atom is -0.367 e. The Bertz CT molecular complexity index is 443. The molecule has 1 heterocycles. The van der Waals surface area contributed by atoms with E-state index < -0.39 is 0 Å². The van der Waals surface area contributed by atoms with Crippen molar-refractivity contribution in [1.29, 1.82) is 0 Å². The predicted octanol–water partition coefficient (Wildman–Crippen LogP) is 3.56. The van der Waals surface area contributed by atoms with Crippen molar-refractivity contribution in [2.75, 3.05) is 13.6 Å². The van der Waals surface area contributed by atoms with Gasteiger partial charge >= 0.3 is 0 Å². The van der Waals surface area contributed by atoms with Gasteiger partial charge in [-0.05, 0) is 18.4 Å². The Hall–Kier alpha value is -1.57. The minimum atomic E-state index is 0.949. The molecule has 0 spiro atoms. The number of aliphatic imine (C=N–C) groups is 1. The Labute approximate surface area is 104 Å². The van der Waals surface area contributed by atoms with Crippen molar-refractivity contribution < 1.29 is 0 Å². The molecule has 2 heteroatoms. The first-order valence-corrected chi connectivity index (χ1v) is 6.32. The molecule has 1 aromatic carbocycles. The van der Waals surface area contributed by atoms with Gasteiger partial charge in [-0.3, -0.25) is 4.99 Å². The summed E-state index contributed by atoms with van der Waals surface area (Å²) in [5.74, 6) is 0. The standard InChI is InChI=1S/C15H20N2/c1-4-13-11-17(3)15(14(5-2)16-13)12-9-7-6-8-10-12/h6-10H,4-5,11H2,1-3H3. The lowest BCUT2D eigenvalue weighted by Gasteiger charge is -2.29. The summed E-state index contributed by atoms with van der Waals surface area (Å²) < 4.78 is 0. The molecule has 17 heavy (non-hydrogen) atoms. The molecule has 0 saturated carbocycles. The van der Waals surface area contributed by atoms with Gasteiger partial charge in [0.25, 0.3) is 0 Å². The van der Waals surface area contributed by atoms with Crippen molar-refractivity contribution in [3.8, 4) is 0 Å². The van der Waals surface area contributed by atoms with Crippen LogP contribution in [0.5, 0.6) is 0 Å². The molecule has 0 bridgehead atoms. The van der Waals surface area contributed by atoms with Crippen LogP contribution >= 0.6 is 0 Å². The number of rotatable bonds is 3. The first-order valence-electron chi connectivity index (χ1n) is 6.32. The Balaban J connectivity index is 2.48. The van der Waals surface area contributed by atoms with Gasteiger partial charge in [-0.25, -0.2) is 0 Å². The second-order valence-electron chi connectivity index (χ2n) is 4.40. The summed E-state index contributed by atoms with van der Waals surface area (Å²) in [5.41, 5.74) is 5.04. The normalized spacial score (nSPS) is 16.2. The van der Waals surface area contributed by atoms with Crippen molar-refractivity contribution in [2.45, 2.75) is 26.7 Å². The van der Waals surface area contributed by atoms with Gasteiger partial charge in [0.2, 0.25) is 0 Å². The van der Waals surface area contributed by atoms with E-state index in [1.165, 1.54) is 22.7 Å². The molecule has 2 rings (SSSR count). The number of hydrogen-bond acceptors (Lipinski definition) is 2. The van der Waals surface area contributed by atoms with Gasteiger partial charge in [0.15, 0.2) is 0 Å². The van der Waals surface area contributed by atoms with Crippen molar-refractivity contribution in [1.82, 2.24) is 4.90 Å². The zero-order chi connectivity index (χ0) is 12.3. The van der Waals surface area contributed by atoms with E-state index in [9.17, 15) is 0 Å². The van der Waals surface area contributed by atoms with E-state index in [4.69, 9.17) is 4.99 Å². The highest BCUT2D eigenvalue weighted by atomic mass is 15.1.